The fourth-order valence-electron chi connectivity index (χ4n) is 5.30. The van der Waals surface area contributed by atoms with E-state index in [0.717, 1.165) is 23.7 Å². The molecule has 0 saturated heterocycles. The van der Waals surface area contributed by atoms with Gasteiger partial charge in [-0.3, -0.25) is 0 Å². The molecule has 188 valence electrons. The Morgan fingerprint density at radius 3 is 1.42 bits per heavy atom. The van der Waals surface area contributed by atoms with Crippen LogP contribution >= 0.6 is 0 Å². The Morgan fingerprint density at radius 1 is 0.667 bits per heavy atom. The first kappa shape index (κ1) is 31.0. The fraction of sp³-hybridized carbons (Fsp3) is 0.312. The molecule has 0 nitrogen and oxygen atoms in total. The van der Waals surface area contributed by atoms with Crippen molar-refractivity contribution in [2.75, 3.05) is 0 Å². The van der Waals surface area contributed by atoms with Crippen molar-refractivity contribution in [3.05, 3.63) is 121 Å². The molecule has 2 aromatic rings. The molecule has 36 heavy (non-hydrogen) atoms. The molecular formula is C32H36Cl2SiZr-2. The van der Waals surface area contributed by atoms with Crippen LogP contribution in [0.25, 0.3) is 0 Å². The van der Waals surface area contributed by atoms with Gasteiger partial charge >= 0.3 is 99.8 Å². The summed E-state index contributed by atoms with van der Waals surface area (Å²) in [4.78, 5) is 0. The summed E-state index contributed by atoms with van der Waals surface area (Å²) < 4.78 is 0. The zero-order chi connectivity index (χ0) is 23.8. The summed E-state index contributed by atoms with van der Waals surface area (Å²) >= 11 is 1.64. The molecule has 2 aromatic carbocycles. The van der Waals surface area contributed by atoms with Crippen molar-refractivity contribution in [2.24, 2.45) is 23.7 Å². The standard InChI is InChI=1S/C12H10Si.2C10H13.2ClH.Zr/c1-3-7-11(8-4-1)13-12-9-5-2-6-10-12;2*1-8-6-9-4-2-3-5-10(9)7-8;;;/h1-10H;2*2-4,6,8,10H,5,7H2,1H3;2*1H;/q;2*-1;;;+2/p-2. The van der Waals surface area contributed by atoms with E-state index in [4.69, 9.17) is 0 Å². The van der Waals surface area contributed by atoms with Crippen molar-refractivity contribution in [1.82, 2.24) is 0 Å². The number of hydrogen-bond donors (Lipinski definition) is 0. The average Bonchev–Trinajstić information content (AvgIpc) is 3.46. The van der Waals surface area contributed by atoms with Gasteiger partial charge in [-0.05, 0) is 24.7 Å². The number of hydrogen-bond acceptors (Lipinski definition) is 0. The molecule has 4 heteroatoms. The predicted octanol–water partition coefficient (Wildman–Crippen LogP) is 0.813. The molecule has 4 aliphatic rings. The average molecular weight is 611 g/mol. The van der Waals surface area contributed by atoms with Crippen LogP contribution in [0.5, 0.6) is 0 Å². The third-order valence-corrected chi connectivity index (χ3v) is 13.1. The summed E-state index contributed by atoms with van der Waals surface area (Å²) in [5, 5.41) is 3.03. The minimum atomic E-state index is -0.455. The topological polar surface area (TPSA) is 0 Å². The molecule has 2 saturated carbocycles. The van der Waals surface area contributed by atoms with Crippen LogP contribution in [-0.2, 0) is 23.3 Å². The summed E-state index contributed by atoms with van der Waals surface area (Å²) in [6.45, 7) is 4.61. The van der Waals surface area contributed by atoms with Gasteiger partial charge in [-0.2, -0.15) is 0 Å². The molecule has 0 aromatic heterocycles. The molecule has 0 bridgehead atoms. The second kappa shape index (κ2) is 15.9. The Labute approximate surface area is 246 Å². The quantitative estimate of drug-likeness (QED) is 0.349. The van der Waals surface area contributed by atoms with Gasteiger partial charge in [0.25, 0.3) is 0 Å². The molecular weight excluding hydrogens is 575 g/mol. The number of halogens is 2. The van der Waals surface area contributed by atoms with E-state index in [9.17, 15) is 0 Å². The summed E-state index contributed by atoms with van der Waals surface area (Å²) in [5.74, 6) is 3.35. The summed E-state index contributed by atoms with van der Waals surface area (Å²) in [6, 6.07) is 21.7. The molecule has 0 aliphatic heterocycles. The van der Waals surface area contributed by atoms with Gasteiger partial charge in [0.2, 0.25) is 0 Å². The van der Waals surface area contributed by atoms with Crippen LogP contribution in [0.3, 0.4) is 0 Å². The molecule has 4 atom stereocenters. The Hall–Kier alpha value is -1.18. The Balaban J connectivity index is 0.000000188. The first-order chi connectivity index (χ1) is 16.6. The number of benzene rings is 2. The van der Waals surface area contributed by atoms with E-state index in [1.807, 2.05) is 0 Å². The molecule has 2 fully saturated rings. The van der Waals surface area contributed by atoms with Gasteiger partial charge in [-0.25, -0.2) is 36.1 Å². The molecule has 0 radical (unpaired) electrons. The normalized spacial score (nSPS) is 24.2. The van der Waals surface area contributed by atoms with Gasteiger partial charge in [0.05, 0.1) is 0 Å². The van der Waals surface area contributed by atoms with Crippen LogP contribution in [0.2, 0.25) is 0 Å². The summed E-state index contributed by atoms with van der Waals surface area (Å²) in [7, 11) is 0. The van der Waals surface area contributed by atoms with Crippen molar-refractivity contribution in [2.45, 2.75) is 39.5 Å². The Kier molecular flexibility index (Phi) is 13.7. The van der Waals surface area contributed by atoms with Gasteiger partial charge in [-0.15, -0.1) is 24.3 Å². The third-order valence-electron chi connectivity index (χ3n) is 7.02. The van der Waals surface area contributed by atoms with Crippen molar-refractivity contribution in [3.63, 3.8) is 0 Å². The number of allylic oxidation sites excluding steroid dienone is 8. The second-order valence-corrected chi connectivity index (χ2v) is 15.5. The molecule has 0 spiro atoms. The zero-order valence-electron chi connectivity index (χ0n) is 21.3. The van der Waals surface area contributed by atoms with E-state index >= 15 is 0 Å². The third kappa shape index (κ3) is 8.98. The molecule has 0 heterocycles. The summed E-state index contributed by atoms with van der Waals surface area (Å²) in [6.07, 6.45) is 23.5. The van der Waals surface area contributed by atoms with Crippen LogP contribution in [0.15, 0.2) is 108 Å². The van der Waals surface area contributed by atoms with Crippen LogP contribution in [-0.4, -0.2) is 5.43 Å². The van der Waals surface area contributed by atoms with Crippen molar-refractivity contribution < 1.29 is 48.1 Å². The molecule has 6 rings (SSSR count). The number of rotatable bonds is 2. The SMILES string of the molecule is CC1[CH-]C2=CC=CCC2C1.CC1[CH-]C2=CC=CCC2C1.[Cl-].[Cl-].[Zr+2]=[Si](c1ccccc1)c1ccccc1. The molecule has 0 amide bonds. The van der Waals surface area contributed by atoms with Gasteiger partial charge in [0.1, 0.15) is 0 Å². The maximum atomic E-state index is 2.41. The minimum absolute atomic E-state index is 0. The van der Waals surface area contributed by atoms with E-state index in [1.54, 1.807) is 34.5 Å². The van der Waals surface area contributed by atoms with Crippen molar-refractivity contribution >= 4 is 15.8 Å². The van der Waals surface area contributed by atoms with Crippen LogP contribution in [0, 0.1) is 36.5 Å². The monoisotopic (exact) mass is 608 g/mol. The predicted molar refractivity (Wildman–Crippen MR) is 145 cm³/mol. The molecule has 4 aliphatic carbocycles. The van der Waals surface area contributed by atoms with E-state index in [1.165, 1.54) is 36.1 Å². The first-order valence-corrected chi connectivity index (χ1v) is 17.9. The van der Waals surface area contributed by atoms with Crippen molar-refractivity contribution in [3.8, 4) is 0 Å². The van der Waals surface area contributed by atoms with Gasteiger partial charge in [0, 0.05) is 0 Å². The van der Waals surface area contributed by atoms with Gasteiger partial charge in [0.15, 0.2) is 0 Å². The second-order valence-electron chi connectivity index (χ2n) is 9.92. The van der Waals surface area contributed by atoms with E-state index in [2.05, 4.69) is 124 Å². The fourth-order valence-corrected chi connectivity index (χ4v) is 9.15. The molecule has 4 unspecified atom stereocenters. The molecule has 0 N–H and O–H groups in total. The zero-order valence-corrected chi connectivity index (χ0v) is 26.3. The van der Waals surface area contributed by atoms with Crippen molar-refractivity contribution in [1.29, 1.82) is 0 Å². The van der Waals surface area contributed by atoms with Crippen LogP contribution in [0.1, 0.15) is 39.5 Å². The van der Waals surface area contributed by atoms with Crippen LogP contribution in [0.4, 0.5) is 0 Å². The Morgan fingerprint density at radius 2 is 1.06 bits per heavy atom. The van der Waals surface area contributed by atoms with E-state index in [0.29, 0.717) is 0 Å². The van der Waals surface area contributed by atoms with Gasteiger partial charge in [-0.1, -0.05) is 38.5 Å². The Bertz CT molecular complexity index is 986. The van der Waals surface area contributed by atoms with Crippen LogP contribution < -0.4 is 35.2 Å². The van der Waals surface area contributed by atoms with Gasteiger partial charge < -0.3 is 24.8 Å². The summed E-state index contributed by atoms with van der Waals surface area (Å²) in [5.41, 5.74) is 2.70. The number of fused-ring (bicyclic) bond motifs is 2. The first-order valence-electron chi connectivity index (χ1n) is 12.7. The van der Waals surface area contributed by atoms with E-state index < -0.39 is 5.43 Å². The maximum absolute atomic E-state index is 2.41. The van der Waals surface area contributed by atoms with E-state index in [-0.39, 0.29) is 24.8 Å².